The predicted molar refractivity (Wildman–Crippen MR) is 29.9 cm³/mol. The van der Waals surface area contributed by atoms with Crippen molar-refractivity contribution in [2.75, 3.05) is 5.73 Å². The van der Waals surface area contributed by atoms with Crippen molar-refractivity contribution in [2.45, 2.75) is 0 Å². The minimum Gasteiger partial charge on any atom is -1.00 e. The second-order valence-electron chi connectivity index (χ2n) is 1.35. The summed E-state index contributed by atoms with van der Waals surface area (Å²) in [5.41, 5.74) is 5.42. The van der Waals surface area contributed by atoms with Crippen LogP contribution in [0.25, 0.3) is 0 Å². The summed E-state index contributed by atoms with van der Waals surface area (Å²) >= 11 is 1.55. The third kappa shape index (κ3) is 1.35. The van der Waals surface area contributed by atoms with Gasteiger partial charge in [0.25, 0.3) is 0 Å². The molecule has 0 fully saturated rings. The topological polar surface area (TPSA) is 29.9 Å². The molecule has 0 aromatic carbocycles. The van der Waals surface area contributed by atoms with Crippen molar-refractivity contribution in [2.24, 2.45) is 7.05 Å². The summed E-state index contributed by atoms with van der Waals surface area (Å²) < 4.78 is 1.88. The molecule has 0 atom stereocenters. The van der Waals surface area contributed by atoms with Crippen LogP contribution in [0.1, 0.15) is 0 Å². The van der Waals surface area contributed by atoms with E-state index in [2.05, 4.69) is 0 Å². The summed E-state index contributed by atoms with van der Waals surface area (Å²) in [5.74, 6) is 0. The van der Waals surface area contributed by atoms with E-state index < -0.39 is 0 Å². The first-order valence-corrected chi connectivity index (χ1v) is 2.87. The maximum atomic E-state index is 5.42. The molecule has 0 amide bonds. The molecule has 8 heavy (non-hydrogen) atoms. The molecule has 1 aromatic rings. The van der Waals surface area contributed by atoms with Crippen LogP contribution in [-0.2, 0) is 7.05 Å². The highest BCUT2D eigenvalue weighted by molar-refractivity contribution is 7.12. The van der Waals surface area contributed by atoms with E-state index in [0.29, 0.717) is 0 Å². The molecule has 0 saturated heterocycles. The predicted octanol–water partition coefficient (Wildman–Crippen LogP) is -2.84. The lowest BCUT2D eigenvalue weighted by Gasteiger charge is -1.77. The van der Waals surface area contributed by atoms with Crippen LogP contribution >= 0.6 is 11.3 Å². The molecule has 0 aliphatic heterocycles. The lowest BCUT2D eigenvalue weighted by Crippen LogP contribution is -3.00. The van der Waals surface area contributed by atoms with Crippen LogP contribution in [0.2, 0.25) is 0 Å². The molecular weight excluding hydrogens is 144 g/mol. The van der Waals surface area contributed by atoms with Gasteiger partial charge >= 0.3 is 5.13 Å². The van der Waals surface area contributed by atoms with E-state index in [-0.39, 0.29) is 12.4 Å². The Hall–Kier alpha value is -0.280. The van der Waals surface area contributed by atoms with E-state index in [4.69, 9.17) is 5.73 Å². The van der Waals surface area contributed by atoms with Gasteiger partial charge in [-0.15, -0.1) is 0 Å². The van der Waals surface area contributed by atoms with E-state index in [1.807, 2.05) is 23.2 Å². The molecule has 4 heteroatoms. The number of anilines is 1. The van der Waals surface area contributed by atoms with Gasteiger partial charge < -0.3 is 12.4 Å². The largest absolute Gasteiger partial charge is 1.00 e. The van der Waals surface area contributed by atoms with Gasteiger partial charge in [-0.3, -0.25) is 5.73 Å². The molecule has 0 radical (unpaired) electrons. The fourth-order valence-corrected chi connectivity index (χ4v) is 0.958. The van der Waals surface area contributed by atoms with Gasteiger partial charge in [0, 0.05) is 5.38 Å². The Bertz CT molecular complexity index is 146. The fraction of sp³-hybridized carbons (Fsp3) is 0.250. The maximum Gasteiger partial charge on any atom is 0.331 e. The van der Waals surface area contributed by atoms with Gasteiger partial charge in [0.15, 0.2) is 0 Å². The molecule has 46 valence electrons. The van der Waals surface area contributed by atoms with Crippen molar-refractivity contribution < 1.29 is 17.0 Å². The smallest absolute Gasteiger partial charge is 0.331 e. The molecule has 2 N–H and O–H groups in total. The number of hydrogen-bond acceptors (Lipinski definition) is 2. The van der Waals surface area contributed by atoms with Crippen LogP contribution in [0.3, 0.4) is 0 Å². The number of hydrogen-bond donors (Lipinski definition) is 1. The quantitative estimate of drug-likeness (QED) is 0.397. The first-order chi connectivity index (χ1) is 3.30. The van der Waals surface area contributed by atoms with E-state index in [9.17, 15) is 0 Å². The second kappa shape index (κ2) is 2.89. The minimum absolute atomic E-state index is 0. The van der Waals surface area contributed by atoms with Crippen molar-refractivity contribution in [3.8, 4) is 0 Å². The van der Waals surface area contributed by atoms with Crippen LogP contribution in [0.5, 0.6) is 0 Å². The number of rotatable bonds is 0. The molecule has 0 bridgehead atoms. The molecule has 2 nitrogen and oxygen atoms in total. The first-order valence-electron chi connectivity index (χ1n) is 1.99. The highest BCUT2D eigenvalue weighted by Gasteiger charge is 1.94. The zero-order valence-electron chi connectivity index (χ0n) is 4.47. The van der Waals surface area contributed by atoms with E-state index in [0.717, 1.165) is 5.13 Å². The molecule has 0 aliphatic rings. The van der Waals surface area contributed by atoms with Gasteiger partial charge in [0.1, 0.15) is 6.20 Å². The Kier molecular flexibility index (Phi) is 2.79. The lowest BCUT2D eigenvalue weighted by molar-refractivity contribution is -0.652. The molecule has 0 spiro atoms. The molecule has 1 aromatic heterocycles. The van der Waals surface area contributed by atoms with Crippen LogP contribution in [0.15, 0.2) is 11.6 Å². The first kappa shape index (κ1) is 7.72. The molecule has 1 rings (SSSR count). The highest BCUT2D eigenvalue weighted by Crippen LogP contribution is 1.99. The Morgan fingerprint density at radius 2 is 2.38 bits per heavy atom. The summed E-state index contributed by atoms with van der Waals surface area (Å²) in [6.45, 7) is 0. The normalized spacial score (nSPS) is 8.12. The molecule has 0 aliphatic carbocycles. The zero-order chi connectivity index (χ0) is 5.28. The monoisotopic (exact) mass is 150 g/mol. The van der Waals surface area contributed by atoms with Crippen molar-refractivity contribution in [1.29, 1.82) is 0 Å². The summed E-state index contributed by atoms with van der Waals surface area (Å²) in [7, 11) is 1.92. The average molecular weight is 151 g/mol. The Balaban J connectivity index is 0.000000490. The SMILES string of the molecule is C[n+]1ccsc1N.[Cl-]. The molecule has 0 saturated carbocycles. The fourth-order valence-electron chi connectivity index (χ4n) is 0.348. The Morgan fingerprint density at radius 3 is 2.50 bits per heavy atom. The Labute approximate surface area is 58.4 Å². The van der Waals surface area contributed by atoms with E-state index >= 15 is 0 Å². The second-order valence-corrected chi connectivity index (χ2v) is 2.28. The number of thiazole rings is 1. The third-order valence-corrected chi connectivity index (χ3v) is 1.61. The van der Waals surface area contributed by atoms with Gasteiger partial charge in [-0.25, -0.2) is 4.57 Å². The molecule has 1 heterocycles. The summed E-state index contributed by atoms with van der Waals surface area (Å²) in [5, 5.41) is 2.80. The average Bonchev–Trinajstić information content (AvgIpc) is 1.91. The van der Waals surface area contributed by atoms with Crippen molar-refractivity contribution in [3.05, 3.63) is 11.6 Å². The number of nitrogen functional groups attached to an aromatic ring is 1. The number of halogens is 1. The van der Waals surface area contributed by atoms with Crippen molar-refractivity contribution >= 4 is 16.5 Å². The minimum atomic E-state index is 0. The number of nitrogens with two attached hydrogens (primary N) is 1. The van der Waals surface area contributed by atoms with E-state index in [1.54, 1.807) is 11.3 Å². The lowest BCUT2D eigenvalue weighted by atomic mass is 10.9. The van der Waals surface area contributed by atoms with Crippen molar-refractivity contribution in [1.82, 2.24) is 0 Å². The van der Waals surface area contributed by atoms with Crippen LogP contribution < -0.4 is 22.7 Å². The zero-order valence-corrected chi connectivity index (χ0v) is 6.04. The van der Waals surface area contributed by atoms with Gasteiger partial charge in [0.2, 0.25) is 0 Å². The number of nitrogens with zero attached hydrogens (tertiary/aromatic N) is 1. The summed E-state index contributed by atoms with van der Waals surface area (Å²) in [6, 6.07) is 0. The highest BCUT2D eigenvalue weighted by atomic mass is 35.5. The van der Waals surface area contributed by atoms with Crippen molar-refractivity contribution in [3.63, 3.8) is 0 Å². The molecule has 0 unspecified atom stereocenters. The summed E-state index contributed by atoms with van der Waals surface area (Å²) in [6.07, 6.45) is 1.93. The van der Waals surface area contributed by atoms with Gasteiger partial charge in [-0.05, 0) is 0 Å². The third-order valence-electron chi connectivity index (χ3n) is 0.821. The standard InChI is InChI=1S/C4H6N2S.ClH/c1-6-2-3-7-4(6)5;/h2-3,5H,1H3;1H. The van der Waals surface area contributed by atoms with E-state index in [1.165, 1.54) is 0 Å². The summed E-state index contributed by atoms with van der Waals surface area (Å²) in [4.78, 5) is 0. The number of aryl methyl sites for hydroxylation is 1. The van der Waals surface area contributed by atoms with Crippen LogP contribution in [-0.4, -0.2) is 0 Å². The molecular formula is C4H7ClN2S. The van der Waals surface area contributed by atoms with Crippen LogP contribution in [0, 0.1) is 0 Å². The van der Waals surface area contributed by atoms with Gasteiger partial charge in [-0.1, -0.05) is 11.3 Å². The number of aromatic nitrogens is 1. The van der Waals surface area contributed by atoms with Crippen LogP contribution in [0.4, 0.5) is 5.13 Å². The Morgan fingerprint density at radius 1 is 1.75 bits per heavy atom. The van der Waals surface area contributed by atoms with Gasteiger partial charge in [0.05, 0.1) is 7.05 Å². The van der Waals surface area contributed by atoms with Gasteiger partial charge in [-0.2, -0.15) is 0 Å². The maximum absolute atomic E-state index is 5.42.